The van der Waals surface area contributed by atoms with Gasteiger partial charge in [0.25, 0.3) is 0 Å². The summed E-state index contributed by atoms with van der Waals surface area (Å²) < 4.78 is 0. The van der Waals surface area contributed by atoms with E-state index in [1.54, 1.807) is 0 Å². The zero-order chi connectivity index (χ0) is 19.3. The fraction of sp³-hybridized carbons (Fsp3) is 0.130. The highest BCUT2D eigenvalue weighted by Crippen LogP contribution is 2.50. The Hall–Kier alpha value is -1.50. The summed E-state index contributed by atoms with van der Waals surface area (Å²) in [5.41, 5.74) is 2.74. The molecule has 0 aliphatic heterocycles. The maximum atomic E-state index is 2.41. The third-order valence-corrected chi connectivity index (χ3v) is 10.1. The van der Waals surface area contributed by atoms with Gasteiger partial charge in [-0.15, -0.1) is 56.7 Å². The minimum Gasteiger partial charge on any atom is -0.142 e. The smallest absolute Gasteiger partial charge is 0.0536 e. The quantitative estimate of drug-likeness (QED) is 0.253. The normalized spacial score (nSPS) is 11.4. The average Bonchev–Trinajstić information content (AvgIpc) is 3.44. The first-order valence-electron chi connectivity index (χ1n) is 9.00. The van der Waals surface area contributed by atoms with Crippen LogP contribution in [-0.4, -0.2) is 0 Å². The van der Waals surface area contributed by atoms with Crippen LogP contribution in [0, 0.1) is 20.8 Å². The van der Waals surface area contributed by atoms with Crippen molar-refractivity contribution in [3.63, 3.8) is 0 Å². The van der Waals surface area contributed by atoms with Crippen molar-refractivity contribution in [2.75, 3.05) is 0 Å². The van der Waals surface area contributed by atoms with Gasteiger partial charge in [0, 0.05) is 45.3 Å². The summed E-state index contributed by atoms with van der Waals surface area (Å²) in [6.07, 6.45) is 0. The van der Waals surface area contributed by atoms with E-state index >= 15 is 0 Å². The van der Waals surface area contributed by atoms with Crippen molar-refractivity contribution in [2.45, 2.75) is 20.8 Å². The Kier molecular flexibility index (Phi) is 4.89. The molecule has 0 saturated carbocycles. The minimum absolute atomic E-state index is 1.36. The third kappa shape index (κ3) is 3.36. The first-order valence-corrected chi connectivity index (χ1v) is 13.1. The van der Waals surface area contributed by atoms with E-state index in [2.05, 4.69) is 74.7 Å². The van der Waals surface area contributed by atoms with Crippen LogP contribution in [-0.2, 0) is 0 Å². The van der Waals surface area contributed by atoms with Gasteiger partial charge in [0.1, 0.15) is 0 Å². The van der Waals surface area contributed by atoms with Crippen molar-refractivity contribution in [3.8, 4) is 40.4 Å². The molecular weight excluding hydrogens is 437 g/mol. The molecule has 0 aliphatic carbocycles. The topological polar surface area (TPSA) is 0 Å². The SMILES string of the molecule is Cc1ccc(-c2ccsc2-c2cc(-c3ccc(C)s3)c(-c3ccc(C)s3)s2)s1. The van der Waals surface area contributed by atoms with Gasteiger partial charge in [0.05, 0.1) is 9.75 Å². The molecule has 0 unspecified atom stereocenters. The molecule has 0 N–H and O–H groups in total. The number of rotatable bonds is 4. The Morgan fingerprint density at radius 3 is 1.64 bits per heavy atom. The van der Waals surface area contributed by atoms with Crippen LogP contribution in [0.25, 0.3) is 40.4 Å². The van der Waals surface area contributed by atoms with Gasteiger partial charge in [-0.1, -0.05) is 0 Å². The van der Waals surface area contributed by atoms with Crippen molar-refractivity contribution >= 4 is 56.7 Å². The fourth-order valence-electron chi connectivity index (χ4n) is 3.28. The second-order valence-electron chi connectivity index (χ2n) is 6.75. The third-order valence-electron chi connectivity index (χ3n) is 4.60. The van der Waals surface area contributed by atoms with E-state index < -0.39 is 0 Å². The molecule has 5 aromatic heterocycles. The van der Waals surface area contributed by atoms with Gasteiger partial charge in [-0.2, -0.15) is 0 Å². The van der Waals surface area contributed by atoms with E-state index in [-0.39, 0.29) is 0 Å². The van der Waals surface area contributed by atoms with Crippen LogP contribution in [0.3, 0.4) is 0 Å². The van der Waals surface area contributed by atoms with Gasteiger partial charge in [0.2, 0.25) is 0 Å². The molecule has 28 heavy (non-hydrogen) atoms. The molecule has 0 saturated heterocycles. The van der Waals surface area contributed by atoms with Crippen molar-refractivity contribution in [3.05, 3.63) is 68.5 Å². The summed E-state index contributed by atoms with van der Waals surface area (Å²) in [6.45, 7) is 6.56. The maximum absolute atomic E-state index is 2.41. The van der Waals surface area contributed by atoms with Crippen molar-refractivity contribution in [2.24, 2.45) is 0 Å². The second kappa shape index (κ2) is 7.39. The molecule has 0 aliphatic rings. The van der Waals surface area contributed by atoms with Crippen LogP contribution in [0.1, 0.15) is 14.6 Å². The molecule has 5 heterocycles. The predicted molar refractivity (Wildman–Crippen MR) is 132 cm³/mol. The lowest BCUT2D eigenvalue weighted by atomic mass is 10.1. The molecule has 0 amide bonds. The van der Waals surface area contributed by atoms with Gasteiger partial charge in [-0.3, -0.25) is 0 Å². The first kappa shape index (κ1) is 18.5. The van der Waals surface area contributed by atoms with Crippen LogP contribution in [0.2, 0.25) is 0 Å². The molecule has 0 radical (unpaired) electrons. The average molecular weight is 455 g/mol. The molecule has 0 fully saturated rings. The van der Waals surface area contributed by atoms with Crippen molar-refractivity contribution < 1.29 is 0 Å². The monoisotopic (exact) mass is 454 g/mol. The van der Waals surface area contributed by atoms with Crippen LogP contribution < -0.4 is 0 Å². The van der Waals surface area contributed by atoms with Crippen LogP contribution in [0.5, 0.6) is 0 Å². The molecule has 0 bridgehead atoms. The highest BCUT2D eigenvalue weighted by molar-refractivity contribution is 7.27. The Balaban J connectivity index is 1.68. The molecular formula is C23H18S5. The largest absolute Gasteiger partial charge is 0.142 e. The van der Waals surface area contributed by atoms with E-state index in [1.165, 1.54) is 55.0 Å². The Morgan fingerprint density at radius 2 is 1.07 bits per heavy atom. The summed E-state index contributed by atoms with van der Waals surface area (Å²) in [5, 5.41) is 2.23. The summed E-state index contributed by atoms with van der Waals surface area (Å²) >= 11 is 9.45. The highest BCUT2D eigenvalue weighted by Gasteiger charge is 2.19. The molecule has 0 atom stereocenters. The fourth-order valence-corrected chi connectivity index (χ4v) is 8.40. The second-order valence-corrected chi connectivity index (χ2v) is 12.6. The van der Waals surface area contributed by atoms with Crippen molar-refractivity contribution in [1.29, 1.82) is 0 Å². The van der Waals surface area contributed by atoms with E-state index in [1.807, 2.05) is 56.7 Å². The number of hydrogen-bond donors (Lipinski definition) is 0. The molecule has 5 rings (SSSR count). The minimum atomic E-state index is 1.36. The summed E-state index contributed by atoms with van der Waals surface area (Å²) in [4.78, 5) is 12.4. The van der Waals surface area contributed by atoms with Crippen molar-refractivity contribution in [1.82, 2.24) is 0 Å². The van der Waals surface area contributed by atoms with E-state index in [0.717, 1.165) is 0 Å². The Bertz CT molecular complexity index is 1200. The Morgan fingerprint density at radius 1 is 0.500 bits per heavy atom. The summed E-state index contributed by atoms with van der Waals surface area (Å²) in [5.74, 6) is 0. The molecule has 140 valence electrons. The van der Waals surface area contributed by atoms with Crippen LogP contribution in [0.15, 0.2) is 53.9 Å². The van der Waals surface area contributed by atoms with Crippen LogP contribution in [0.4, 0.5) is 0 Å². The lowest BCUT2D eigenvalue weighted by molar-refractivity contribution is 1.64. The standard InChI is InChI=1S/C23H18S5/c1-13-4-7-18(25-13)16-10-11-24-22(16)21-12-17(19-8-5-14(2)26-19)23(28-21)20-9-6-15(3)27-20/h4-12H,1-3H3. The van der Waals surface area contributed by atoms with E-state index in [4.69, 9.17) is 0 Å². The number of hydrogen-bond acceptors (Lipinski definition) is 5. The summed E-state index contributed by atoms with van der Waals surface area (Å²) in [6, 6.07) is 18.2. The van der Waals surface area contributed by atoms with Crippen LogP contribution >= 0.6 is 56.7 Å². The van der Waals surface area contributed by atoms with Gasteiger partial charge in [-0.25, -0.2) is 0 Å². The highest BCUT2D eigenvalue weighted by atomic mass is 32.1. The number of aryl methyl sites for hydroxylation is 3. The Labute approximate surface area is 185 Å². The molecule has 0 nitrogen and oxygen atoms in total. The van der Waals surface area contributed by atoms with Gasteiger partial charge >= 0.3 is 0 Å². The number of thiophene rings is 5. The zero-order valence-corrected chi connectivity index (χ0v) is 19.8. The van der Waals surface area contributed by atoms with Gasteiger partial charge in [-0.05, 0) is 74.7 Å². The lowest BCUT2D eigenvalue weighted by Gasteiger charge is -1.98. The zero-order valence-electron chi connectivity index (χ0n) is 15.7. The molecule has 5 heteroatoms. The predicted octanol–water partition coefficient (Wildman–Crippen LogP) is 9.59. The van der Waals surface area contributed by atoms with E-state index in [9.17, 15) is 0 Å². The first-order chi connectivity index (χ1) is 13.6. The van der Waals surface area contributed by atoms with Gasteiger partial charge in [0.15, 0.2) is 0 Å². The van der Waals surface area contributed by atoms with E-state index in [0.29, 0.717) is 0 Å². The summed E-state index contributed by atoms with van der Waals surface area (Å²) in [7, 11) is 0. The van der Waals surface area contributed by atoms with Gasteiger partial charge < -0.3 is 0 Å². The lowest BCUT2D eigenvalue weighted by Crippen LogP contribution is -1.71. The molecule has 5 aromatic rings. The molecule has 0 spiro atoms. The maximum Gasteiger partial charge on any atom is 0.0536 e. The molecule has 0 aromatic carbocycles.